The van der Waals surface area contributed by atoms with E-state index < -0.39 is 6.10 Å². The van der Waals surface area contributed by atoms with Crippen molar-refractivity contribution in [2.24, 2.45) is 5.10 Å². The van der Waals surface area contributed by atoms with Gasteiger partial charge in [-0.15, -0.1) is 0 Å². The Kier molecular flexibility index (Phi) is 8.96. The summed E-state index contributed by atoms with van der Waals surface area (Å²) in [6, 6.07) is 17.1. The zero-order valence-corrected chi connectivity index (χ0v) is 21.7. The maximum absolute atomic E-state index is 12.4. The minimum atomic E-state index is -0.743. The molecule has 1 amide bonds. The van der Waals surface area contributed by atoms with Crippen LogP contribution < -0.4 is 19.6 Å². The van der Waals surface area contributed by atoms with Crippen molar-refractivity contribution >= 4 is 39.7 Å². The molecule has 1 unspecified atom stereocenters. The number of rotatable bonds is 9. The third-order valence-corrected chi connectivity index (χ3v) is 6.14. The minimum absolute atomic E-state index is 0.379. The molecule has 6 nitrogen and oxygen atoms in total. The van der Waals surface area contributed by atoms with Crippen LogP contribution in [-0.2, 0) is 11.4 Å². The Morgan fingerprint density at radius 2 is 1.82 bits per heavy atom. The van der Waals surface area contributed by atoms with Crippen LogP contribution in [0.25, 0.3) is 0 Å². The van der Waals surface area contributed by atoms with Gasteiger partial charge in [0.1, 0.15) is 12.4 Å². The van der Waals surface area contributed by atoms with E-state index in [4.69, 9.17) is 25.8 Å². The van der Waals surface area contributed by atoms with E-state index in [9.17, 15) is 4.79 Å². The smallest absolute Gasteiger partial charge is 0.280 e. The molecule has 1 N–H and O–H groups in total. The molecular formula is C26H26BrClN2O4. The van der Waals surface area contributed by atoms with Gasteiger partial charge in [0.25, 0.3) is 5.91 Å². The number of hydrazone groups is 1. The van der Waals surface area contributed by atoms with E-state index in [-0.39, 0.29) is 5.91 Å². The number of hydrogen-bond acceptors (Lipinski definition) is 5. The van der Waals surface area contributed by atoms with Crippen LogP contribution in [0, 0.1) is 13.8 Å². The van der Waals surface area contributed by atoms with E-state index >= 15 is 0 Å². The molecule has 0 bridgehead atoms. The summed E-state index contributed by atoms with van der Waals surface area (Å²) >= 11 is 9.72. The summed E-state index contributed by atoms with van der Waals surface area (Å²) in [5, 5.41) is 4.74. The average molecular weight is 546 g/mol. The number of nitrogens with one attached hydrogen (secondary N) is 1. The van der Waals surface area contributed by atoms with Gasteiger partial charge in [-0.2, -0.15) is 5.10 Å². The van der Waals surface area contributed by atoms with Crippen molar-refractivity contribution in [2.45, 2.75) is 33.5 Å². The lowest BCUT2D eigenvalue weighted by Crippen LogP contribution is -2.33. The van der Waals surface area contributed by atoms with Gasteiger partial charge in [-0.1, -0.05) is 41.9 Å². The highest BCUT2D eigenvalue weighted by atomic mass is 79.9. The number of carbonyl (C=O) groups is 1. The number of hydrogen-bond donors (Lipinski definition) is 1. The Bertz CT molecular complexity index is 1160. The van der Waals surface area contributed by atoms with Gasteiger partial charge in [-0.3, -0.25) is 4.79 Å². The molecule has 3 aromatic carbocycles. The Labute approximate surface area is 213 Å². The van der Waals surface area contributed by atoms with Crippen LogP contribution in [0.3, 0.4) is 0 Å². The van der Waals surface area contributed by atoms with E-state index in [0.29, 0.717) is 38.9 Å². The van der Waals surface area contributed by atoms with E-state index in [1.54, 1.807) is 32.2 Å². The minimum Gasteiger partial charge on any atom is -0.493 e. The standard InChI is InChI=1S/C26H26BrClN2O4/c1-16-10-21(11-17(2)24(16)28)34-18(3)26(31)30-29-14-20-12-22(27)25(23(13-20)32-4)33-15-19-8-6-5-7-9-19/h5-14,18H,15H2,1-4H3,(H,30,31)/b29-14+. The van der Waals surface area contributed by atoms with Gasteiger partial charge in [0, 0.05) is 5.02 Å². The molecule has 0 aliphatic carbocycles. The Hall–Kier alpha value is -3.03. The predicted octanol–water partition coefficient (Wildman–Crippen LogP) is 6.22. The summed E-state index contributed by atoms with van der Waals surface area (Å²) in [4.78, 5) is 12.4. The lowest BCUT2D eigenvalue weighted by molar-refractivity contribution is -0.127. The quantitative estimate of drug-likeness (QED) is 0.256. The largest absolute Gasteiger partial charge is 0.493 e. The van der Waals surface area contributed by atoms with Gasteiger partial charge >= 0.3 is 0 Å². The molecule has 1 atom stereocenters. The number of benzene rings is 3. The van der Waals surface area contributed by atoms with Gasteiger partial charge in [0.2, 0.25) is 0 Å². The first-order valence-corrected chi connectivity index (χ1v) is 11.8. The maximum atomic E-state index is 12.4. The van der Waals surface area contributed by atoms with Gasteiger partial charge in [-0.25, -0.2) is 5.43 Å². The van der Waals surface area contributed by atoms with Crippen LogP contribution >= 0.6 is 27.5 Å². The number of nitrogens with zero attached hydrogens (tertiary/aromatic N) is 1. The van der Waals surface area contributed by atoms with E-state index in [1.165, 1.54) is 6.21 Å². The summed E-state index contributed by atoms with van der Waals surface area (Å²) in [6.07, 6.45) is 0.780. The van der Waals surface area contributed by atoms with Crippen LogP contribution in [0.15, 0.2) is 64.2 Å². The lowest BCUT2D eigenvalue weighted by Gasteiger charge is -2.15. The van der Waals surface area contributed by atoms with Crippen molar-refractivity contribution in [1.29, 1.82) is 0 Å². The number of methoxy groups -OCH3 is 1. The summed E-state index contributed by atoms with van der Waals surface area (Å²) in [5.41, 5.74) is 6.04. The first kappa shape index (κ1) is 25.6. The van der Waals surface area contributed by atoms with Crippen LogP contribution in [0.5, 0.6) is 17.2 Å². The highest BCUT2D eigenvalue weighted by molar-refractivity contribution is 9.10. The number of ether oxygens (including phenoxy) is 3. The number of carbonyl (C=O) groups excluding carboxylic acids is 1. The monoisotopic (exact) mass is 544 g/mol. The molecule has 34 heavy (non-hydrogen) atoms. The fraction of sp³-hybridized carbons (Fsp3) is 0.231. The molecule has 0 spiro atoms. The molecule has 0 aliphatic heterocycles. The zero-order chi connectivity index (χ0) is 24.7. The van der Waals surface area contributed by atoms with Crippen LogP contribution in [0.1, 0.15) is 29.2 Å². The second-order valence-corrected chi connectivity index (χ2v) is 8.91. The summed E-state index contributed by atoms with van der Waals surface area (Å²) < 4.78 is 17.9. The molecule has 178 valence electrons. The second-order valence-electron chi connectivity index (χ2n) is 7.67. The first-order valence-electron chi connectivity index (χ1n) is 10.6. The molecule has 3 aromatic rings. The summed E-state index contributed by atoms with van der Waals surface area (Å²) in [7, 11) is 1.57. The molecular weight excluding hydrogens is 520 g/mol. The Morgan fingerprint density at radius 1 is 1.15 bits per heavy atom. The van der Waals surface area contributed by atoms with Crippen LogP contribution in [0.4, 0.5) is 0 Å². The Morgan fingerprint density at radius 3 is 2.47 bits per heavy atom. The van der Waals surface area contributed by atoms with Gasteiger partial charge in [0.15, 0.2) is 17.6 Å². The molecule has 3 rings (SSSR count). The number of amides is 1. The van der Waals surface area contributed by atoms with E-state index in [2.05, 4.69) is 26.5 Å². The SMILES string of the molecule is COc1cc(/C=N/NC(=O)C(C)Oc2cc(C)c(Cl)c(C)c2)cc(Br)c1OCc1ccccc1. The van der Waals surface area contributed by atoms with Crippen molar-refractivity contribution in [3.63, 3.8) is 0 Å². The average Bonchev–Trinajstić information content (AvgIpc) is 2.82. The normalized spacial score (nSPS) is 11.8. The van der Waals surface area contributed by atoms with Gasteiger partial charge in [-0.05, 0) is 83.2 Å². The van der Waals surface area contributed by atoms with Crippen LogP contribution in [-0.4, -0.2) is 25.3 Å². The van der Waals surface area contributed by atoms with Crippen molar-refractivity contribution in [1.82, 2.24) is 5.43 Å². The van der Waals surface area contributed by atoms with Crippen molar-refractivity contribution in [3.05, 3.63) is 86.3 Å². The molecule has 0 saturated carbocycles. The molecule has 0 aromatic heterocycles. The molecule has 0 aliphatic rings. The third kappa shape index (κ3) is 6.74. The molecule has 0 heterocycles. The molecule has 0 radical (unpaired) electrons. The topological polar surface area (TPSA) is 69.2 Å². The van der Waals surface area contributed by atoms with Crippen LogP contribution in [0.2, 0.25) is 5.02 Å². The Balaban J connectivity index is 1.62. The molecule has 0 fully saturated rings. The summed E-state index contributed by atoms with van der Waals surface area (Å²) in [6.45, 7) is 5.84. The predicted molar refractivity (Wildman–Crippen MR) is 138 cm³/mol. The van der Waals surface area contributed by atoms with Crippen molar-refractivity contribution < 1.29 is 19.0 Å². The summed E-state index contributed by atoms with van der Waals surface area (Å²) in [5.74, 6) is 1.33. The highest BCUT2D eigenvalue weighted by Gasteiger charge is 2.16. The third-order valence-electron chi connectivity index (χ3n) is 4.96. The van der Waals surface area contributed by atoms with E-state index in [1.807, 2.05) is 50.2 Å². The second kappa shape index (κ2) is 11.9. The fourth-order valence-electron chi connectivity index (χ4n) is 3.18. The van der Waals surface area contributed by atoms with Gasteiger partial charge in [0.05, 0.1) is 17.8 Å². The van der Waals surface area contributed by atoms with Crippen molar-refractivity contribution in [2.75, 3.05) is 7.11 Å². The highest BCUT2D eigenvalue weighted by Crippen LogP contribution is 2.37. The van der Waals surface area contributed by atoms with Gasteiger partial charge < -0.3 is 14.2 Å². The van der Waals surface area contributed by atoms with E-state index in [0.717, 1.165) is 16.7 Å². The number of aryl methyl sites for hydroxylation is 2. The lowest BCUT2D eigenvalue weighted by atomic mass is 10.1. The molecule has 8 heteroatoms. The maximum Gasteiger partial charge on any atom is 0.280 e. The zero-order valence-electron chi connectivity index (χ0n) is 19.4. The number of halogens is 2. The molecule has 0 saturated heterocycles. The first-order chi connectivity index (χ1) is 16.3. The van der Waals surface area contributed by atoms with Crippen molar-refractivity contribution in [3.8, 4) is 17.2 Å². The fourth-order valence-corrected chi connectivity index (χ4v) is 3.86.